The number of benzene rings is 1. The topological polar surface area (TPSA) is 92.7 Å². The normalized spacial score (nSPS) is 12.2. The first-order valence-electron chi connectivity index (χ1n) is 7.13. The Balaban J connectivity index is 1.66. The van der Waals surface area contributed by atoms with Gasteiger partial charge in [0.2, 0.25) is 11.7 Å². The highest BCUT2D eigenvalue weighted by molar-refractivity contribution is 5.85. The summed E-state index contributed by atoms with van der Waals surface area (Å²) in [6, 6.07) is 12.3. The van der Waals surface area contributed by atoms with Crippen molar-refractivity contribution in [2.45, 2.75) is 19.4 Å². The smallest absolute Gasteiger partial charge is 0.371 e. The molecule has 1 amide bonds. The van der Waals surface area contributed by atoms with Crippen molar-refractivity contribution < 1.29 is 23.5 Å². The van der Waals surface area contributed by atoms with Crippen LogP contribution in [0.25, 0.3) is 11.0 Å². The molecule has 0 fully saturated rings. The number of fused-ring (bicyclic) bond motifs is 1. The van der Waals surface area contributed by atoms with E-state index in [0.717, 1.165) is 11.0 Å². The van der Waals surface area contributed by atoms with E-state index in [-0.39, 0.29) is 18.2 Å². The van der Waals surface area contributed by atoms with Crippen LogP contribution in [0.3, 0.4) is 0 Å². The lowest BCUT2D eigenvalue weighted by molar-refractivity contribution is -0.122. The minimum absolute atomic E-state index is 0.122. The summed E-state index contributed by atoms with van der Waals surface area (Å²) in [5.74, 6) is -1.02. The molecule has 23 heavy (non-hydrogen) atoms. The molecule has 2 N–H and O–H groups in total. The molecule has 6 nitrogen and oxygen atoms in total. The summed E-state index contributed by atoms with van der Waals surface area (Å²) in [6.45, 7) is 1.87. The van der Waals surface area contributed by atoms with Gasteiger partial charge in [0.1, 0.15) is 17.1 Å². The zero-order chi connectivity index (χ0) is 16.4. The Hall–Kier alpha value is -3.02. The first kappa shape index (κ1) is 14.9. The van der Waals surface area contributed by atoms with E-state index >= 15 is 0 Å². The molecule has 2 aromatic heterocycles. The van der Waals surface area contributed by atoms with Gasteiger partial charge in [0.05, 0.1) is 12.5 Å². The fourth-order valence-electron chi connectivity index (χ4n) is 2.26. The van der Waals surface area contributed by atoms with E-state index < -0.39 is 11.9 Å². The maximum atomic E-state index is 12.2. The molecule has 0 aliphatic rings. The lowest BCUT2D eigenvalue weighted by atomic mass is 10.1. The minimum atomic E-state index is -1.14. The van der Waals surface area contributed by atoms with E-state index in [9.17, 15) is 9.59 Å². The molecule has 1 aromatic carbocycles. The zero-order valence-corrected chi connectivity index (χ0v) is 12.4. The number of hydrogen-bond acceptors (Lipinski definition) is 4. The molecule has 0 aliphatic carbocycles. The standard InChI is InChI=1S/C17H15NO5/c1-10(15-8-11-4-2-3-5-13(11)23-15)16(19)18-9-12-6-7-14(22-12)17(20)21/h2-8,10H,9H2,1H3,(H,18,19)(H,20,21)/t10-/m1/s1. The van der Waals surface area contributed by atoms with Crippen LogP contribution in [-0.2, 0) is 11.3 Å². The maximum Gasteiger partial charge on any atom is 0.371 e. The second-order valence-corrected chi connectivity index (χ2v) is 5.20. The van der Waals surface area contributed by atoms with Crippen molar-refractivity contribution in [2.24, 2.45) is 0 Å². The van der Waals surface area contributed by atoms with Gasteiger partial charge in [-0.1, -0.05) is 18.2 Å². The third-order valence-electron chi connectivity index (χ3n) is 3.57. The predicted octanol–water partition coefficient (Wildman–Crippen LogP) is 3.14. The summed E-state index contributed by atoms with van der Waals surface area (Å²) in [6.07, 6.45) is 0. The van der Waals surface area contributed by atoms with Crippen molar-refractivity contribution in [2.75, 3.05) is 0 Å². The van der Waals surface area contributed by atoms with Gasteiger partial charge < -0.3 is 19.3 Å². The maximum absolute atomic E-state index is 12.2. The molecule has 0 saturated heterocycles. The van der Waals surface area contributed by atoms with Crippen LogP contribution in [0.4, 0.5) is 0 Å². The Labute approximate surface area is 131 Å². The van der Waals surface area contributed by atoms with Crippen molar-refractivity contribution in [1.29, 1.82) is 0 Å². The van der Waals surface area contributed by atoms with Crippen molar-refractivity contribution in [3.8, 4) is 0 Å². The Morgan fingerprint density at radius 1 is 1.17 bits per heavy atom. The van der Waals surface area contributed by atoms with Crippen molar-refractivity contribution in [3.63, 3.8) is 0 Å². The lowest BCUT2D eigenvalue weighted by Gasteiger charge is -2.08. The number of carboxylic acids is 1. The summed E-state index contributed by atoms with van der Waals surface area (Å²) in [7, 11) is 0. The molecule has 0 saturated carbocycles. The Bertz CT molecular complexity index is 828. The Kier molecular flexibility index (Phi) is 3.89. The highest BCUT2D eigenvalue weighted by Crippen LogP contribution is 2.25. The van der Waals surface area contributed by atoms with Crippen LogP contribution in [0, 0.1) is 0 Å². The second-order valence-electron chi connectivity index (χ2n) is 5.20. The molecular formula is C17H15NO5. The van der Waals surface area contributed by atoms with Crippen molar-refractivity contribution in [1.82, 2.24) is 5.32 Å². The van der Waals surface area contributed by atoms with Crippen molar-refractivity contribution >= 4 is 22.8 Å². The minimum Gasteiger partial charge on any atom is -0.475 e. The molecule has 0 unspecified atom stereocenters. The molecular weight excluding hydrogens is 298 g/mol. The largest absolute Gasteiger partial charge is 0.475 e. The summed E-state index contributed by atoms with van der Waals surface area (Å²) in [5, 5.41) is 12.4. The molecule has 3 rings (SSSR count). The highest BCUT2D eigenvalue weighted by Gasteiger charge is 2.19. The summed E-state index contributed by atoms with van der Waals surface area (Å²) >= 11 is 0. The first-order valence-corrected chi connectivity index (χ1v) is 7.13. The predicted molar refractivity (Wildman–Crippen MR) is 82.1 cm³/mol. The van der Waals surface area contributed by atoms with Crippen LogP contribution in [-0.4, -0.2) is 17.0 Å². The fraction of sp³-hybridized carbons (Fsp3) is 0.176. The van der Waals surface area contributed by atoms with Gasteiger partial charge in [-0.2, -0.15) is 0 Å². The fourth-order valence-corrected chi connectivity index (χ4v) is 2.26. The van der Waals surface area contributed by atoms with E-state index in [4.69, 9.17) is 13.9 Å². The summed E-state index contributed by atoms with van der Waals surface area (Å²) in [5.41, 5.74) is 0.735. The van der Waals surface area contributed by atoms with Gasteiger partial charge >= 0.3 is 5.97 Å². The third kappa shape index (κ3) is 3.11. The van der Waals surface area contributed by atoms with Gasteiger partial charge in [-0.05, 0) is 31.2 Å². The van der Waals surface area contributed by atoms with Gasteiger partial charge in [0.15, 0.2) is 0 Å². The van der Waals surface area contributed by atoms with Crippen LogP contribution in [0.2, 0.25) is 0 Å². The van der Waals surface area contributed by atoms with Gasteiger partial charge in [-0.15, -0.1) is 0 Å². The van der Waals surface area contributed by atoms with E-state index in [1.807, 2.05) is 30.3 Å². The van der Waals surface area contributed by atoms with E-state index in [2.05, 4.69) is 5.32 Å². The molecule has 1 atom stereocenters. The van der Waals surface area contributed by atoms with Gasteiger partial charge in [0.25, 0.3) is 0 Å². The number of aromatic carboxylic acids is 1. The lowest BCUT2D eigenvalue weighted by Crippen LogP contribution is -2.27. The molecule has 6 heteroatoms. The number of carbonyl (C=O) groups is 2. The van der Waals surface area contributed by atoms with Crippen LogP contribution in [0.5, 0.6) is 0 Å². The number of rotatable bonds is 5. The number of furan rings is 2. The second kappa shape index (κ2) is 6.00. The zero-order valence-electron chi connectivity index (χ0n) is 12.4. The summed E-state index contributed by atoms with van der Waals surface area (Å²) < 4.78 is 10.8. The number of nitrogens with one attached hydrogen (secondary N) is 1. The quantitative estimate of drug-likeness (QED) is 0.755. The monoisotopic (exact) mass is 313 g/mol. The molecule has 0 bridgehead atoms. The van der Waals surface area contributed by atoms with E-state index in [0.29, 0.717) is 11.5 Å². The van der Waals surface area contributed by atoms with Crippen LogP contribution < -0.4 is 5.32 Å². The van der Waals surface area contributed by atoms with E-state index in [1.54, 1.807) is 6.92 Å². The SMILES string of the molecule is C[C@@H](C(=O)NCc1ccc(C(=O)O)o1)c1cc2ccccc2o1. The summed E-state index contributed by atoms with van der Waals surface area (Å²) in [4.78, 5) is 22.9. The van der Waals surface area contributed by atoms with Crippen LogP contribution >= 0.6 is 0 Å². The van der Waals surface area contributed by atoms with Gasteiger partial charge in [0, 0.05) is 5.39 Å². The molecule has 118 valence electrons. The average molecular weight is 313 g/mol. The molecule has 0 radical (unpaired) electrons. The molecule has 0 aliphatic heterocycles. The Morgan fingerprint density at radius 2 is 1.96 bits per heavy atom. The molecule has 2 heterocycles. The number of hydrogen-bond donors (Lipinski definition) is 2. The first-order chi connectivity index (χ1) is 11.0. The molecule has 3 aromatic rings. The van der Waals surface area contributed by atoms with E-state index in [1.165, 1.54) is 12.1 Å². The Morgan fingerprint density at radius 3 is 2.65 bits per heavy atom. The number of carboxylic acid groups (broad SMARTS) is 1. The highest BCUT2D eigenvalue weighted by atomic mass is 16.4. The van der Waals surface area contributed by atoms with Crippen LogP contribution in [0.15, 0.2) is 51.3 Å². The van der Waals surface area contributed by atoms with Crippen molar-refractivity contribution in [3.05, 3.63) is 59.7 Å². The third-order valence-corrected chi connectivity index (χ3v) is 3.57. The number of carbonyl (C=O) groups excluding carboxylic acids is 1. The van der Waals surface area contributed by atoms with Gasteiger partial charge in [-0.3, -0.25) is 4.79 Å². The average Bonchev–Trinajstić information content (AvgIpc) is 3.18. The number of para-hydroxylation sites is 1. The van der Waals surface area contributed by atoms with Gasteiger partial charge in [-0.25, -0.2) is 4.79 Å². The van der Waals surface area contributed by atoms with Crippen LogP contribution in [0.1, 0.15) is 34.9 Å². The molecule has 0 spiro atoms. The number of amides is 1.